The molecule has 1 saturated carbocycles. The molecule has 6 nitrogen and oxygen atoms in total. The van der Waals surface area contributed by atoms with Crippen molar-refractivity contribution in [3.8, 4) is 5.75 Å². The number of ether oxygens (including phenoxy) is 1. The van der Waals surface area contributed by atoms with Crippen LogP contribution in [0.4, 0.5) is 18.9 Å². The van der Waals surface area contributed by atoms with Crippen LogP contribution in [0.3, 0.4) is 0 Å². The van der Waals surface area contributed by atoms with Gasteiger partial charge in [-0.15, -0.1) is 13.2 Å². The van der Waals surface area contributed by atoms with Gasteiger partial charge in [-0.2, -0.15) is 4.99 Å². The maximum absolute atomic E-state index is 12.8. The Morgan fingerprint density at radius 2 is 1.84 bits per heavy atom. The number of halogens is 4. The third-order valence-electron chi connectivity index (χ3n) is 4.25. The number of nitrogens with zero attached hydrogens (tertiary/aromatic N) is 3. The summed E-state index contributed by atoms with van der Waals surface area (Å²) in [5.74, 6) is -0.519. The highest BCUT2D eigenvalue weighted by molar-refractivity contribution is 6.34. The molecule has 1 heterocycles. The van der Waals surface area contributed by atoms with Crippen molar-refractivity contribution in [2.24, 2.45) is 21.5 Å². The first kappa shape index (κ1) is 17.7. The maximum Gasteiger partial charge on any atom is 0.573 e. The smallest absolute Gasteiger partial charge is 0.403 e. The number of hydrogen-bond donors (Lipinski definition) is 2. The molecule has 4 N–H and O–H groups in total. The monoisotopic (exact) mass is 375 g/mol. The van der Waals surface area contributed by atoms with Crippen LogP contribution in [0.5, 0.6) is 5.75 Å². The topological polar surface area (TPSA) is 89.2 Å². The van der Waals surface area contributed by atoms with Gasteiger partial charge in [0.15, 0.2) is 5.75 Å². The van der Waals surface area contributed by atoms with Gasteiger partial charge < -0.3 is 16.2 Å². The highest BCUT2D eigenvalue weighted by atomic mass is 35.5. The molecular weight excluding hydrogens is 359 g/mol. The second-order valence-corrected chi connectivity index (χ2v) is 6.36. The van der Waals surface area contributed by atoms with E-state index in [1.807, 2.05) is 0 Å². The summed E-state index contributed by atoms with van der Waals surface area (Å²) in [4.78, 5) is 9.76. The molecule has 25 heavy (non-hydrogen) atoms. The Labute approximate surface area is 147 Å². The fraction of sp³-hybridized carbons (Fsp3) is 0.467. The molecule has 1 spiro atoms. The first-order valence-electron chi connectivity index (χ1n) is 7.76. The first-order valence-corrected chi connectivity index (χ1v) is 8.14. The lowest BCUT2D eigenvalue weighted by atomic mass is 9.87. The lowest BCUT2D eigenvalue weighted by Gasteiger charge is -2.46. The van der Waals surface area contributed by atoms with Crippen LogP contribution in [0.1, 0.15) is 32.1 Å². The number of alkyl halides is 3. The number of benzene rings is 1. The molecule has 0 unspecified atom stereocenters. The van der Waals surface area contributed by atoms with E-state index in [-0.39, 0.29) is 22.6 Å². The van der Waals surface area contributed by atoms with E-state index in [2.05, 4.69) is 14.7 Å². The summed E-state index contributed by atoms with van der Waals surface area (Å²) < 4.78 is 42.6. The van der Waals surface area contributed by atoms with Crippen molar-refractivity contribution in [3.63, 3.8) is 0 Å². The van der Waals surface area contributed by atoms with Crippen molar-refractivity contribution in [2.45, 2.75) is 44.1 Å². The molecule has 0 atom stereocenters. The molecule has 3 rings (SSSR count). The number of anilines is 1. The van der Waals surface area contributed by atoms with Gasteiger partial charge in [0, 0.05) is 0 Å². The van der Waals surface area contributed by atoms with Gasteiger partial charge in [0.1, 0.15) is 11.4 Å². The Morgan fingerprint density at radius 1 is 1.16 bits per heavy atom. The Hall–Kier alpha value is -2.16. The number of guanidine groups is 2. The van der Waals surface area contributed by atoms with Crippen molar-refractivity contribution in [1.29, 1.82) is 0 Å². The van der Waals surface area contributed by atoms with Crippen LogP contribution in [0.2, 0.25) is 5.02 Å². The van der Waals surface area contributed by atoms with Gasteiger partial charge in [-0.05, 0) is 37.8 Å². The Bertz CT molecular complexity index is 728. The molecule has 10 heteroatoms. The molecule has 1 aromatic carbocycles. The number of nitrogens with two attached hydrogens (primary N) is 2. The average Bonchev–Trinajstić information content (AvgIpc) is 2.48. The largest absolute Gasteiger partial charge is 0.573 e. The summed E-state index contributed by atoms with van der Waals surface area (Å²) in [5, 5.41) is 0.0560. The third kappa shape index (κ3) is 3.46. The van der Waals surface area contributed by atoms with E-state index in [1.54, 1.807) is 0 Å². The summed E-state index contributed by atoms with van der Waals surface area (Å²) in [6, 6.07) is 4.02. The van der Waals surface area contributed by atoms with E-state index in [1.165, 1.54) is 23.1 Å². The minimum Gasteiger partial charge on any atom is -0.403 e. The third-order valence-corrected chi connectivity index (χ3v) is 4.56. The lowest BCUT2D eigenvalue weighted by molar-refractivity contribution is -0.274. The number of rotatable bonds is 2. The molecule has 1 aliphatic heterocycles. The molecule has 1 fully saturated rings. The highest BCUT2D eigenvalue weighted by Gasteiger charge is 2.45. The normalized spacial score (nSPS) is 20.2. The van der Waals surface area contributed by atoms with Gasteiger partial charge in [0.05, 0.1) is 5.02 Å². The molecule has 136 valence electrons. The summed E-state index contributed by atoms with van der Waals surface area (Å²) in [6.45, 7) is 0. The Kier molecular flexibility index (Phi) is 4.44. The van der Waals surface area contributed by atoms with E-state index in [0.29, 0.717) is 12.8 Å². The lowest BCUT2D eigenvalue weighted by Crippen LogP contribution is -2.58. The van der Waals surface area contributed by atoms with Gasteiger partial charge in [0.25, 0.3) is 0 Å². The van der Waals surface area contributed by atoms with Crippen molar-refractivity contribution in [1.82, 2.24) is 0 Å². The highest BCUT2D eigenvalue weighted by Crippen LogP contribution is 2.46. The fourth-order valence-electron chi connectivity index (χ4n) is 3.36. The van der Waals surface area contributed by atoms with Crippen LogP contribution in [0, 0.1) is 0 Å². The minimum atomic E-state index is -4.87. The summed E-state index contributed by atoms with van der Waals surface area (Å²) in [5.41, 5.74) is 10.9. The molecule has 0 radical (unpaired) electrons. The molecule has 1 aliphatic carbocycles. The van der Waals surface area contributed by atoms with Crippen molar-refractivity contribution < 1.29 is 17.9 Å². The second-order valence-electron chi connectivity index (χ2n) is 5.95. The summed E-state index contributed by atoms with van der Waals surface area (Å²) in [7, 11) is 0. The van der Waals surface area contributed by atoms with Crippen LogP contribution in [-0.2, 0) is 0 Å². The molecule has 0 saturated heterocycles. The predicted molar refractivity (Wildman–Crippen MR) is 89.7 cm³/mol. The van der Waals surface area contributed by atoms with Crippen LogP contribution < -0.4 is 21.1 Å². The van der Waals surface area contributed by atoms with Crippen LogP contribution in [-0.4, -0.2) is 23.9 Å². The summed E-state index contributed by atoms with van der Waals surface area (Å²) in [6.07, 6.45) is -1.07. The molecule has 2 aliphatic rings. The van der Waals surface area contributed by atoms with Gasteiger partial charge in [-0.1, -0.05) is 24.1 Å². The van der Waals surface area contributed by atoms with Gasteiger partial charge in [0.2, 0.25) is 11.9 Å². The Balaban J connectivity index is 2.15. The van der Waals surface area contributed by atoms with Gasteiger partial charge in [-0.3, -0.25) is 4.90 Å². The van der Waals surface area contributed by atoms with Crippen molar-refractivity contribution in [3.05, 3.63) is 23.2 Å². The fourth-order valence-corrected chi connectivity index (χ4v) is 3.61. The quantitative estimate of drug-likeness (QED) is 0.829. The number of aliphatic imine (C=N–C) groups is 2. The maximum atomic E-state index is 12.8. The predicted octanol–water partition coefficient (Wildman–Crippen LogP) is 3.35. The zero-order valence-electron chi connectivity index (χ0n) is 13.2. The number of para-hydroxylation sites is 1. The van der Waals surface area contributed by atoms with Crippen molar-refractivity contribution >= 4 is 29.2 Å². The van der Waals surface area contributed by atoms with E-state index < -0.39 is 17.8 Å². The van der Waals surface area contributed by atoms with Gasteiger partial charge in [-0.25, -0.2) is 4.99 Å². The molecule has 0 aromatic heterocycles. The minimum absolute atomic E-state index is 0.000920. The van der Waals surface area contributed by atoms with E-state index >= 15 is 0 Å². The van der Waals surface area contributed by atoms with Crippen LogP contribution >= 0.6 is 11.6 Å². The molecule has 0 bridgehead atoms. The van der Waals surface area contributed by atoms with E-state index in [9.17, 15) is 13.2 Å². The Morgan fingerprint density at radius 3 is 2.48 bits per heavy atom. The molecule has 1 aromatic rings. The standard InChI is InChI=1S/C15H17ClF3N5O/c16-9-5-4-6-10(25-15(17,18)19)11(9)24-13(21)22-12(20)23-14(24)7-2-1-3-8-14/h4-6H,1-3,7-8H2,(H4,20,21,22,23). The average molecular weight is 376 g/mol. The molecular formula is C15H17ClF3N5O. The summed E-state index contributed by atoms with van der Waals surface area (Å²) >= 11 is 6.22. The van der Waals surface area contributed by atoms with Crippen molar-refractivity contribution in [2.75, 3.05) is 4.90 Å². The van der Waals surface area contributed by atoms with E-state index in [0.717, 1.165) is 19.3 Å². The first-order chi connectivity index (χ1) is 11.7. The second kappa shape index (κ2) is 6.29. The van der Waals surface area contributed by atoms with Crippen LogP contribution in [0.25, 0.3) is 0 Å². The SMILES string of the molecule is NC1=NC2(CCCCC2)N(c2c(Cl)cccc2OC(F)(F)F)C(N)=N1. The van der Waals surface area contributed by atoms with Gasteiger partial charge >= 0.3 is 6.36 Å². The van der Waals surface area contributed by atoms with E-state index in [4.69, 9.17) is 23.1 Å². The molecule has 0 amide bonds. The zero-order valence-corrected chi connectivity index (χ0v) is 13.9. The zero-order chi connectivity index (χ0) is 18.2. The number of hydrogen-bond acceptors (Lipinski definition) is 6. The van der Waals surface area contributed by atoms with Crippen LogP contribution in [0.15, 0.2) is 28.2 Å².